The van der Waals surface area contributed by atoms with E-state index in [0.717, 1.165) is 31.7 Å². The molecule has 1 aromatic rings. The van der Waals surface area contributed by atoms with E-state index in [1.54, 1.807) is 6.07 Å². The van der Waals surface area contributed by atoms with E-state index in [1.807, 2.05) is 6.07 Å². The smallest absolute Gasteiger partial charge is 0.275 e. The molecule has 1 aromatic carbocycles. The lowest BCUT2D eigenvalue weighted by Gasteiger charge is -2.27. The van der Waals surface area contributed by atoms with Crippen LogP contribution in [0.3, 0.4) is 0 Å². The predicted octanol–water partition coefficient (Wildman–Crippen LogP) is 1.76. The van der Waals surface area contributed by atoms with Crippen LogP contribution in [0.1, 0.15) is 24.8 Å². The van der Waals surface area contributed by atoms with Gasteiger partial charge in [0.05, 0.1) is 17.1 Å². The molecular weight excluding hydrogens is 270 g/mol. The Labute approximate surface area is 124 Å². The Hall–Kier alpha value is -1.66. The van der Waals surface area contributed by atoms with Gasteiger partial charge in [-0.2, -0.15) is 0 Å². The van der Waals surface area contributed by atoms with Crippen LogP contribution in [0.25, 0.3) is 0 Å². The summed E-state index contributed by atoms with van der Waals surface area (Å²) in [5.74, 6) is 0. The standard InChI is InChI=1S/C15H21N3O3/c19-11-12-9-13(4-5-15(12)18(20)21)17-8-2-7-16-6-1-3-14(16)10-17/h4-5,9,14,19H,1-3,6-8,10-11H2. The van der Waals surface area contributed by atoms with Gasteiger partial charge >= 0.3 is 0 Å². The first-order chi connectivity index (χ1) is 10.2. The minimum Gasteiger partial charge on any atom is -0.391 e. The van der Waals surface area contributed by atoms with E-state index in [9.17, 15) is 15.2 Å². The molecule has 2 aliphatic heterocycles. The minimum absolute atomic E-state index is 0.00133. The molecule has 2 aliphatic rings. The second-order valence-corrected chi connectivity index (χ2v) is 5.86. The fourth-order valence-corrected chi connectivity index (χ4v) is 3.51. The van der Waals surface area contributed by atoms with Gasteiger partial charge in [0.1, 0.15) is 0 Å². The summed E-state index contributed by atoms with van der Waals surface area (Å²) in [4.78, 5) is 15.4. The fourth-order valence-electron chi connectivity index (χ4n) is 3.51. The van der Waals surface area contributed by atoms with Gasteiger partial charge in [0, 0.05) is 37.4 Å². The summed E-state index contributed by atoms with van der Waals surface area (Å²) in [7, 11) is 0. The molecule has 0 spiro atoms. The maximum Gasteiger partial charge on any atom is 0.275 e. The van der Waals surface area contributed by atoms with Crippen LogP contribution in [0.5, 0.6) is 0 Å². The molecule has 3 rings (SSSR count). The zero-order chi connectivity index (χ0) is 14.8. The van der Waals surface area contributed by atoms with Crippen LogP contribution in [0.4, 0.5) is 11.4 Å². The molecule has 2 heterocycles. The molecule has 1 atom stereocenters. The molecule has 0 radical (unpaired) electrons. The zero-order valence-electron chi connectivity index (χ0n) is 12.1. The average Bonchev–Trinajstić information content (AvgIpc) is 2.83. The average molecular weight is 291 g/mol. The molecule has 0 amide bonds. The first-order valence-electron chi connectivity index (χ1n) is 7.56. The van der Waals surface area contributed by atoms with E-state index >= 15 is 0 Å². The number of anilines is 1. The number of hydrogen-bond donors (Lipinski definition) is 1. The van der Waals surface area contributed by atoms with E-state index in [0.29, 0.717) is 11.6 Å². The second-order valence-electron chi connectivity index (χ2n) is 5.86. The van der Waals surface area contributed by atoms with E-state index in [1.165, 1.54) is 25.5 Å². The van der Waals surface area contributed by atoms with Gasteiger partial charge in [-0.3, -0.25) is 15.0 Å². The quantitative estimate of drug-likeness (QED) is 0.679. The van der Waals surface area contributed by atoms with E-state index < -0.39 is 4.92 Å². The van der Waals surface area contributed by atoms with Crippen molar-refractivity contribution in [2.45, 2.75) is 31.9 Å². The Kier molecular flexibility index (Phi) is 4.07. The molecule has 1 N–H and O–H groups in total. The Morgan fingerprint density at radius 1 is 1.29 bits per heavy atom. The van der Waals surface area contributed by atoms with Gasteiger partial charge in [0.25, 0.3) is 5.69 Å². The van der Waals surface area contributed by atoms with Crippen LogP contribution in [0, 0.1) is 10.1 Å². The number of hydrogen-bond acceptors (Lipinski definition) is 5. The third-order valence-corrected chi connectivity index (χ3v) is 4.60. The third-order valence-electron chi connectivity index (χ3n) is 4.60. The van der Waals surface area contributed by atoms with Gasteiger partial charge < -0.3 is 10.0 Å². The van der Waals surface area contributed by atoms with Gasteiger partial charge in [-0.1, -0.05) is 0 Å². The maximum atomic E-state index is 10.9. The lowest BCUT2D eigenvalue weighted by molar-refractivity contribution is -0.385. The van der Waals surface area contributed by atoms with Crippen molar-refractivity contribution in [1.29, 1.82) is 0 Å². The Bertz CT molecular complexity index is 535. The summed E-state index contributed by atoms with van der Waals surface area (Å²) in [6.45, 7) is 3.98. The lowest BCUT2D eigenvalue weighted by Crippen LogP contribution is -2.36. The van der Waals surface area contributed by atoms with Crippen LogP contribution in [-0.2, 0) is 6.61 Å². The summed E-state index contributed by atoms with van der Waals surface area (Å²) in [5.41, 5.74) is 1.38. The van der Waals surface area contributed by atoms with Crippen LogP contribution < -0.4 is 4.90 Å². The number of nitrogens with zero attached hydrogens (tertiary/aromatic N) is 3. The lowest BCUT2D eigenvalue weighted by atomic mass is 10.1. The van der Waals surface area contributed by atoms with Crippen LogP contribution in [0.15, 0.2) is 18.2 Å². The number of fused-ring (bicyclic) bond motifs is 1. The Morgan fingerprint density at radius 3 is 2.86 bits per heavy atom. The van der Waals surface area contributed by atoms with Gasteiger partial charge in [-0.15, -0.1) is 0 Å². The molecule has 0 aromatic heterocycles. The van der Waals surface area contributed by atoms with Crippen LogP contribution in [0.2, 0.25) is 0 Å². The van der Waals surface area contributed by atoms with Crippen molar-refractivity contribution >= 4 is 11.4 Å². The number of aliphatic hydroxyl groups excluding tert-OH is 1. The topological polar surface area (TPSA) is 69.9 Å². The Balaban J connectivity index is 1.84. The molecule has 21 heavy (non-hydrogen) atoms. The van der Waals surface area contributed by atoms with Crippen LogP contribution in [-0.4, -0.2) is 47.2 Å². The van der Waals surface area contributed by atoms with Crippen molar-refractivity contribution in [3.8, 4) is 0 Å². The minimum atomic E-state index is -0.434. The number of aliphatic hydroxyl groups is 1. The van der Waals surface area contributed by atoms with Gasteiger partial charge in [0.2, 0.25) is 0 Å². The van der Waals surface area contributed by atoms with E-state index in [4.69, 9.17) is 0 Å². The third kappa shape index (κ3) is 2.87. The molecule has 0 bridgehead atoms. The molecule has 0 saturated carbocycles. The summed E-state index contributed by atoms with van der Waals surface area (Å²) in [6.07, 6.45) is 3.61. The van der Waals surface area contributed by atoms with Gasteiger partial charge in [-0.25, -0.2) is 0 Å². The Morgan fingerprint density at radius 2 is 2.10 bits per heavy atom. The highest BCUT2D eigenvalue weighted by Crippen LogP contribution is 2.28. The normalized spacial score (nSPS) is 22.9. The molecular formula is C15H21N3O3. The largest absolute Gasteiger partial charge is 0.391 e. The van der Waals surface area contributed by atoms with Crippen molar-refractivity contribution in [2.24, 2.45) is 0 Å². The summed E-state index contributed by atoms with van der Waals surface area (Å²) in [6, 6.07) is 5.68. The molecule has 114 valence electrons. The number of nitro benzene ring substituents is 1. The highest BCUT2D eigenvalue weighted by Gasteiger charge is 2.29. The first kappa shape index (κ1) is 14.3. The SMILES string of the molecule is O=[N+]([O-])c1ccc(N2CCCN3CCCC3C2)cc1CO. The van der Waals surface area contributed by atoms with E-state index in [2.05, 4.69) is 9.80 Å². The second kappa shape index (κ2) is 5.99. The number of benzene rings is 1. The van der Waals surface area contributed by atoms with Crippen LogP contribution >= 0.6 is 0 Å². The van der Waals surface area contributed by atoms with Gasteiger partial charge in [0.15, 0.2) is 0 Å². The molecule has 6 heteroatoms. The van der Waals surface area contributed by atoms with E-state index in [-0.39, 0.29) is 12.3 Å². The summed E-state index contributed by atoms with van der Waals surface area (Å²) < 4.78 is 0. The highest BCUT2D eigenvalue weighted by molar-refractivity contribution is 5.55. The fraction of sp³-hybridized carbons (Fsp3) is 0.600. The maximum absolute atomic E-state index is 10.9. The molecule has 2 fully saturated rings. The van der Waals surface area contributed by atoms with Crippen molar-refractivity contribution in [3.63, 3.8) is 0 Å². The zero-order valence-corrected chi connectivity index (χ0v) is 12.1. The predicted molar refractivity (Wildman–Crippen MR) is 80.4 cm³/mol. The summed E-state index contributed by atoms with van der Waals surface area (Å²) >= 11 is 0. The number of rotatable bonds is 3. The molecule has 6 nitrogen and oxygen atoms in total. The molecule has 2 saturated heterocycles. The van der Waals surface area contributed by atoms with Crippen molar-refractivity contribution in [2.75, 3.05) is 31.1 Å². The number of nitro groups is 1. The molecule has 0 aliphatic carbocycles. The first-order valence-corrected chi connectivity index (χ1v) is 7.56. The van der Waals surface area contributed by atoms with Crippen molar-refractivity contribution < 1.29 is 10.0 Å². The summed E-state index contributed by atoms with van der Waals surface area (Å²) in [5, 5.41) is 20.3. The molecule has 1 unspecified atom stereocenters. The van der Waals surface area contributed by atoms with Crippen molar-refractivity contribution in [1.82, 2.24) is 4.90 Å². The van der Waals surface area contributed by atoms with Gasteiger partial charge in [-0.05, 0) is 37.9 Å². The van der Waals surface area contributed by atoms with Crippen molar-refractivity contribution in [3.05, 3.63) is 33.9 Å². The highest BCUT2D eigenvalue weighted by atomic mass is 16.6. The monoisotopic (exact) mass is 291 g/mol.